The fraction of sp³-hybridized carbons (Fsp3) is 0.444. The predicted molar refractivity (Wildman–Crippen MR) is 93.2 cm³/mol. The van der Waals surface area contributed by atoms with Crippen LogP contribution in [-0.2, 0) is 11.3 Å². The van der Waals surface area contributed by atoms with Crippen LogP contribution in [0.3, 0.4) is 0 Å². The monoisotopic (exact) mass is 327 g/mol. The second kappa shape index (κ2) is 7.15. The summed E-state index contributed by atoms with van der Waals surface area (Å²) in [6.45, 7) is 5.58. The number of benzene rings is 1. The van der Waals surface area contributed by atoms with E-state index in [2.05, 4.69) is 48.0 Å². The van der Waals surface area contributed by atoms with Gasteiger partial charge in [0.2, 0.25) is 5.91 Å². The van der Waals surface area contributed by atoms with Gasteiger partial charge in [0.15, 0.2) is 0 Å². The summed E-state index contributed by atoms with van der Waals surface area (Å²) in [5, 5.41) is 4.16. The molecule has 1 saturated heterocycles. The molecular weight excluding hydrogens is 302 g/mol. The van der Waals surface area contributed by atoms with E-state index in [9.17, 15) is 4.79 Å². The van der Waals surface area contributed by atoms with E-state index in [4.69, 9.17) is 0 Å². The van der Waals surface area contributed by atoms with E-state index in [0.29, 0.717) is 13.1 Å². The van der Waals surface area contributed by atoms with Crippen LogP contribution in [0.5, 0.6) is 0 Å². The standard InChI is InChI=1S/C18H25N5O/c1-13-5-6-15(11-14(13)2)16-12-17(21-20-16)18(24)22(3)9-10-23-8-4-7-19-23/h4-8,11,16-17,20-21H,9-10,12H2,1-3H3. The molecule has 0 spiro atoms. The summed E-state index contributed by atoms with van der Waals surface area (Å²) in [5.41, 5.74) is 10.2. The molecule has 1 aliphatic heterocycles. The molecule has 0 radical (unpaired) electrons. The first kappa shape index (κ1) is 16.7. The fourth-order valence-corrected chi connectivity index (χ4v) is 2.98. The summed E-state index contributed by atoms with van der Waals surface area (Å²) >= 11 is 0. The molecule has 2 heterocycles. The van der Waals surface area contributed by atoms with Crippen molar-refractivity contribution in [1.82, 2.24) is 25.5 Å². The molecule has 1 fully saturated rings. The number of rotatable bonds is 5. The molecule has 1 aromatic carbocycles. The maximum Gasteiger partial charge on any atom is 0.240 e. The van der Waals surface area contributed by atoms with Gasteiger partial charge >= 0.3 is 0 Å². The SMILES string of the molecule is Cc1ccc(C2CC(C(=O)N(C)CCn3cccn3)NN2)cc1C. The van der Waals surface area contributed by atoms with Gasteiger partial charge in [0.05, 0.1) is 6.54 Å². The van der Waals surface area contributed by atoms with Gasteiger partial charge < -0.3 is 4.90 Å². The van der Waals surface area contributed by atoms with Gasteiger partial charge in [-0.1, -0.05) is 18.2 Å². The maximum absolute atomic E-state index is 12.6. The lowest BCUT2D eigenvalue weighted by Gasteiger charge is -2.20. The molecule has 2 atom stereocenters. The molecule has 3 rings (SSSR count). The van der Waals surface area contributed by atoms with E-state index < -0.39 is 0 Å². The van der Waals surface area contributed by atoms with E-state index in [1.807, 2.05) is 24.0 Å². The molecule has 2 unspecified atom stereocenters. The highest BCUT2D eigenvalue weighted by Crippen LogP contribution is 2.24. The molecule has 0 aliphatic carbocycles. The third-order valence-corrected chi connectivity index (χ3v) is 4.73. The van der Waals surface area contributed by atoms with Crippen molar-refractivity contribution in [3.05, 3.63) is 53.3 Å². The zero-order valence-corrected chi connectivity index (χ0v) is 14.5. The first-order valence-electron chi connectivity index (χ1n) is 8.35. The van der Waals surface area contributed by atoms with Crippen molar-refractivity contribution in [2.75, 3.05) is 13.6 Å². The van der Waals surface area contributed by atoms with Gasteiger partial charge in [0, 0.05) is 32.0 Å². The van der Waals surface area contributed by atoms with Crippen molar-refractivity contribution in [2.24, 2.45) is 0 Å². The van der Waals surface area contributed by atoms with Crippen molar-refractivity contribution in [1.29, 1.82) is 0 Å². The highest BCUT2D eigenvalue weighted by molar-refractivity contribution is 5.82. The van der Waals surface area contributed by atoms with Gasteiger partial charge in [-0.05, 0) is 43.0 Å². The van der Waals surface area contributed by atoms with Crippen molar-refractivity contribution in [2.45, 2.75) is 38.9 Å². The van der Waals surface area contributed by atoms with E-state index in [1.54, 1.807) is 11.1 Å². The molecule has 0 bridgehead atoms. The zero-order valence-electron chi connectivity index (χ0n) is 14.5. The molecule has 2 aromatic rings. The normalized spacial score (nSPS) is 20.3. The number of hydrogen-bond acceptors (Lipinski definition) is 4. The lowest BCUT2D eigenvalue weighted by molar-refractivity contribution is -0.132. The number of aromatic nitrogens is 2. The highest BCUT2D eigenvalue weighted by Gasteiger charge is 2.31. The van der Waals surface area contributed by atoms with Crippen LogP contribution in [0.4, 0.5) is 0 Å². The highest BCUT2D eigenvalue weighted by atomic mass is 16.2. The van der Waals surface area contributed by atoms with E-state index in [0.717, 1.165) is 6.42 Å². The van der Waals surface area contributed by atoms with Crippen LogP contribution in [-0.4, -0.2) is 40.2 Å². The van der Waals surface area contributed by atoms with Crippen LogP contribution < -0.4 is 10.9 Å². The van der Waals surface area contributed by atoms with Crippen LogP contribution >= 0.6 is 0 Å². The average molecular weight is 327 g/mol. The first-order valence-corrected chi connectivity index (χ1v) is 8.35. The topological polar surface area (TPSA) is 62.2 Å². The summed E-state index contributed by atoms with van der Waals surface area (Å²) in [6, 6.07) is 8.33. The summed E-state index contributed by atoms with van der Waals surface area (Å²) in [5.74, 6) is 0.112. The Morgan fingerprint density at radius 2 is 2.17 bits per heavy atom. The maximum atomic E-state index is 12.6. The van der Waals surface area contributed by atoms with Crippen LogP contribution in [0.25, 0.3) is 0 Å². The van der Waals surface area contributed by atoms with E-state index in [-0.39, 0.29) is 18.0 Å². The molecule has 6 heteroatoms. The van der Waals surface area contributed by atoms with Gasteiger partial charge in [-0.25, -0.2) is 10.9 Å². The van der Waals surface area contributed by atoms with Crippen molar-refractivity contribution in [3.8, 4) is 0 Å². The number of hydrazine groups is 1. The molecule has 0 saturated carbocycles. The summed E-state index contributed by atoms with van der Waals surface area (Å²) in [7, 11) is 1.84. The number of hydrogen-bond donors (Lipinski definition) is 2. The lowest BCUT2D eigenvalue weighted by Crippen LogP contribution is -2.44. The Morgan fingerprint density at radius 1 is 1.33 bits per heavy atom. The molecule has 24 heavy (non-hydrogen) atoms. The minimum atomic E-state index is -0.195. The van der Waals surface area contributed by atoms with Crippen LogP contribution in [0.2, 0.25) is 0 Å². The quantitative estimate of drug-likeness (QED) is 0.875. The number of nitrogens with zero attached hydrogens (tertiary/aromatic N) is 3. The number of likely N-dealkylation sites (N-methyl/N-ethyl adjacent to an activating group) is 1. The molecule has 2 N–H and O–H groups in total. The Kier molecular flexibility index (Phi) is 4.97. The summed E-state index contributed by atoms with van der Waals surface area (Å²) in [6.07, 6.45) is 4.41. The lowest BCUT2D eigenvalue weighted by atomic mass is 9.98. The van der Waals surface area contributed by atoms with Gasteiger partial charge in [-0.3, -0.25) is 9.48 Å². The third kappa shape index (κ3) is 3.66. The van der Waals surface area contributed by atoms with Crippen LogP contribution in [0.1, 0.15) is 29.2 Å². The molecular formula is C18H25N5O. The number of nitrogens with one attached hydrogen (secondary N) is 2. The molecule has 6 nitrogen and oxygen atoms in total. The molecule has 1 amide bonds. The molecule has 1 aliphatic rings. The Hall–Kier alpha value is -2.18. The largest absolute Gasteiger partial charge is 0.343 e. The zero-order chi connectivity index (χ0) is 17.1. The van der Waals surface area contributed by atoms with Crippen molar-refractivity contribution < 1.29 is 4.79 Å². The first-order chi connectivity index (χ1) is 11.5. The van der Waals surface area contributed by atoms with Crippen molar-refractivity contribution in [3.63, 3.8) is 0 Å². The fourth-order valence-electron chi connectivity index (χ4n) is 2.98. The van der Waals surface area contributed by atoms with Crippen molar-refractivity contribution >= 4 is 5.91 Å². The smallest absolute Gasteiger partial charge is 0.240 e. The predicted octanol–water partition coefficient (Wildman–Crippen LogP) is 1.57. The third-order valence-electron chi connectivity index (χ3n) is 4.73. The minimum Gasteiger partial charge on any atom is -0.343 e. The number of amides is 1. The molecule has 1 aromatic heterocycles. The second-order valence-electron chi connectivity index (χ2n) is 6.50. The van der Waals surface area contributed by atoms with E-state index >= 15 is 0 Å². The summed E-state index contributed by atoms with van der Waals surface area (Å²) in [4.78, 5) is 14.4. The molecule has 128 valence electrons. The number of aryl methyl sites for hydroxylation is 2. The van der Waals surface area contributed by atoms with Gasteiger partial charge in [-0.2, -0.15) is 5.10 Å². The Morgan fingerprint density at radius 3 is 2.88 bits per heavy atom. The minimum absolute atomic E-state index is 0.112. The Bertz CT molecular complexity index is 697. The Labute approximate surface area is 142 Å². The van der Waals surface area contributed by atoms with Crippen LogP contribution in [0, 0.1) is 13.8 Å². The Balaban J connectivity index is 1.56. The summed E-state index contributed by atoms with van der Waals surface area (Å²) < 4.78 is 1.84. The second-order valence-corrected chi connectivity index (χ2v) is 6.50. The van der Waals surface area contributed by atoms with Gasteiger partial charge in [0.1, 0.15) is 6.04 Å². The van der Waals surface area contributed by atoms with Gasteiger partial charge in [0.25, 0.3) is 0 Å². The van der Waals surface area contributed by atoms with Gasteiger partial charge in [-0.15, -0.1) is 0 Å². The number of carbonyl (C=O) groups is 1. The average Bonchev–Trinajstić information content (AvgIpc) is 3.26. The van der Waals surface area contributed by atoms with E-state index in [1.165, 1.54) is 16.7 Å². The number of carbonyl (C=O) groups excluding carboxylic acids is 1. The van der Waals surface area contributed by atoms with Crippen LogP contribution in [0.15, 0.2) is 36.7 Å².